The highest BCUT2D eigenvalue weighted by Gasteiger charge is 2.04. The van der Waals surface area contributed by atoms with Gasteiger partial charge in [-0.3, -0.25) is 0 Å². The second kappa shape index (κ2) is 6.02. The van der Waals surface area contributed by atoms with Crippen LogP contribution in [0.3, 0.4) is 0 Å². The molecule has 0 bridgehead atoms. The lowest BCUT2D eigenvalue weighted by atomic mass is 10.2. The van der Waals surface area contributed by atoms with Crippen molar-refractivity contribution in [3.05, 3.63) is 58.9 Å². The van der Waals surface area contributed by atoms with Crippen molar-refractivity contribution < 1.29 is 9.15 Å². The van der Waals surface area contributed by atoms with E-state index < -0.39 is 0 Å². The maximum atomic E-state index is 5.94. The zero-order valence-electron chi connectivity index (χ0n) is 11.5. The second-order valence-corrected chi connectivity index (χ2v) is 4.90. The molecule has 2 aromatic carbocycles. The summed E-state index contributed by atoms with van der Waals surface area (Å²) >= 11 is 5.94. The van der Waals surface area contributed by atoms with Gasteiger partial charge in [0.25, 0.3) is 0 Å². The highest BCUT2D eigenvalue weighted by molar-refractivity contribution is 6.31. The standard InChI is InChI=1S/C17H14ClNO2/c1-2-20-15-6-4-3-5-12(15)7-10-17-19-14-11-13(18)8-9-16(14)21-17/h3-11H,2H2,1H3/b10-7+. The number of nitrogens with zero attached hydrogens (tertiary/aromatic N) is 1. The van der Waals surface area contributed by atoms with Gasteiger partial charge in [0.15, 0.2) is 5.58 Å². The number of hydrogen-bond acceptors (Lipinski definition) is 3. The topological polar surface area (TPSA) is 35.3 Å². The molecule has 0 saturated carbocycles. The summed E-state index contributed by atoms with van der Waals surface area (Å²) in [6.45, 7) is 2.59. The third-order valence-corrected chi connectivity index (χ3v) is 3.23. The fraction of sp³-hybridized carbons (Fsp3) is 0.118. The number of aromatic nitrogens is 1. The lowest BCUT2D eigenvalue weighted by molar-refractivity contribution is 0.339. The molecule has 0 radical (unpaired) electrons. The molecule has 0 amide bonds. The Morgan fingerprint density at radius 2 is 2.05 bits per heavy atom. The minimum absolute atomic E-state index is 0.540. The molecule has 3 aromatic rings. The summed E-state index contributed by atoms with van der Waals surface area (Å²) < 4.78 is 11.2. The SMILES string of the molecule is CCOc1ccccc1/C=C/c1nc2cc(Cl)ccc2o1. The molecule has 21 heavy (non-hydrogen) atoms. The third kappa shape index (κ3) is 3.09. The fourth-order valence-electron chi connectivity index (χ4n) is 2.06. The molecule has 0 saturated heterocycles. The van der Waals surface area contributed by atoms with E-state index in [9.17, 15) is 0 Å². The van der Waals surface area contributed by atoms with Crippen LogP contribution < -0.4 is 4.74 Å². The van der Waals surface area contributed by atoms with E-state index in [1.807, 2.05) is 49.4 Å². The normalized spacial score (nSPS) is 11.3. The van der Waals surface area contributed by atoms with Crippen LogP contribution in [0.5, 0.6) is 5.75 Å². The molecule has 0 aliphatic heterocycles. The Kier molecular flexibility index (Phi) is 3.93. The predicted molar refractivity (Wildman–Crippen MR) is 85.6 cm³/mol. The van der Waals surface area contributed by atoms with Gasteiger partial charge in [-0.15, -0.1) is 0 Å². The zero-order valence-corrected chi connectivity index (χ0v) is 12.3. The van der Waals surface area contributed by atoms with Crippen molar-refractivity contribution in [3.63, 3.8) is 0 Å². The third-order valence-electron chi connectivity index (χ3n) is 2.99. The number of oxazole rings is 1. The van der Waals surface area contributed by atoms with Gasteiger partial charge in [0.1, 0.15) is 11.3 Å². The first-order valence-corrected chi connectivity index (χ1v) is 7.10. The Balaban J connectivity index is 1.90. The summed E-state index contributed by atoms with van der Waals surface area (Å²) in [5.41, 5.74) is 2.46. The van der Waals surface area contributed by atoms with Crippen LogP contribution in [0.4, 0.5) is 0 Å². The van der Waals surface area contributed by atoms with E-state index in [0.29, 0.717) is 17.5 Å². The number of ether oxygens (including phenoxy) is 1. The number of benzene rings is 2. The van der Waals surface area contributed by atoms with Gasteiger partial charge in [-0.05, 0) is 37.3 Å². The summed E-state index contributed by atoms with van der Waals surface area (Å²) in [7, 11) is 0. The molecule has 0 unspecified atom stereocenters. The maximum Gasteiger partial charge on any atom is 0.220 e. The second-order valence-electron chi connectivity index (χ2n) is 4.47. The number of fused-ring (bicyclic) bond motifs is 1. The molecule has 0 atom stereocenters. The first-order chi connectivity index (χ1) is 10.3. The van der Waals surface area contributed by atoms with E-state index in [2.05, 4.69) is 4.98 Å². The molecule has 106 valence electrons. The number of halogens is 1. The van der Waals surface area contributed by atoms with Gasteiger partial charge < -0.3 is 9.15 Å². The van der Waals surface area contributed by atoms with Crippen molar-refractivity contribution in [2.24, 2.45) is 0 Å². The summed E-state index contributed by atoms with van der Waals surface area (Å²) in [6, 6.07) is 13.2. The summed E-state index contributed by atoms with van der Waals surface area (Å²) in [6.07, 6.45) is 3.75. The Labute approximate surface area is 127 Å². The number of rotatable bonds is 4. The summed E-state index contributed by atoms with van der Waals surface area (Å²) in [4.78, 5) is 4.39. The molecule has 0 aliphatic rings. The van der Waals surface area contributed by atoms with Gasteiger partial charge in [-0.1, -0.05) is 29.8 Å². The van der Waals surface area contributed by atoms with E-state index in [1.54, 1.807) is 12.1 Å². The van der Waals surface area contributed by atoms with E-state index in [-0.39, 0.29) is 0 Å². The molecule has 1 aromatic heterocycles. The van der Waals surface area contributed by atoms with Crippen molar-refractivity contribution in [2.75, 3.05) is 6.61 Å². The number of hydrogen-bond donors (Lipinski definition) is 0. The van der Waals surface area contributed by atoms with Crippen LogP contribution in [-0.2, 0) is 0 Å². The van der Waals surface area contributed by atoms with Gasteiger partial charge in [0, 0.05) is 16.7 Å². The quantitative estimate of drug-likeness (QED) is 0.676. The van der Waals surface area contributed by atoms with Crippen LogP contribution in [0.15, 0.2) is 46.9 Å². The van der Waals surface area contributed by atoms with Crippen LogP contribution in [0.1, 0.15) is 18.4 Å². The van der Waals surface area contributed by atoms with Crippen molar-refractivity contribution in [1.29, 1.82) is 0 Å². The monoisotopic (exact) mass is 299 g/mol. The van der Waals surface area contributed by atoms with Crippen LogP contribution in [-0.4, -0.2) is 11.6 Å². The first-order valence-electron chi connectivity index (χ1n) is 6.72. The van der Waals surface area contributed by atoms with Crippen LogP contribution in [0.25, 0.3) is 23.3 Å². The van der Waals surface area contributed by atoms with Gasteiger partial charge in [-0.2, -0.15) is 0 Å². The van der Waals surface area contributed by atoms with Gasteiger partial charge in [0.05, 0.1) is 6.61 Å². The Morgan fingerprint density at radius 3 is 2.90 bits per heavy atom. The van der Waals surface area contributed by atoms with Crippen molar-refractivity contribution in [3.8, 4) is 5.75 Å². The molecular weight excluding hydrogens is 286 g/mol. The molecule has 1 heterocycles. The van der Waals surface area contributed by atoms with E-state index in [1.165, 1.54) is 0 Å². The van der Waals surface area contributed by atoms with Crippen LogP contribution in [0.2, 0.25) is 5.02 Å². The van der Waals surface area contributed by atoms with Crippen molar-refractivity contribution in [2.45, 2.75) is 6.92 Å². The predicted octanol–water partition coefficient (Wildman–Crippen LogP) is 5.05. The van der Waals surface area contributed by atoms with E-state index in [4.69, 9.17) is 20.8 Å². The van der Waals surface area contributed by atoms with E-state index in [0.717, 1.165) is 22.4 Å². The lowest BCUT2D eigenvalue weighted by Gasteiger charge is -2.05. The molecule has 3 rings (SSSR count). The van der Waals surface area contributed by atoms with Crippen LogP contribution >= 0.6 is 11.6 Å². The molecule has 4 heteroatoms. The summed E-state index contributed by atoms with van der Waals surface area (Å²) in [5.74, 6) is 1.38. The molecule has 3 nitrogen and oxygen atoms in total. The van der Waals surface area contributed by atoms with Crippen molar-refractivity contribution >= 4 is 34.9 Å². The van der Waals surface area contributed by atoms with Gasteiger partial charge in [-0.25, -0.2) is 4.98 Å². The average Bonchev–Trinajstić information content (AvgIpc) is 2.88. The average molecular weight is 300 g/mol. The summed E-state index contributed by atoms with van der Waals surface area (Å²) in [5, 5.41) is 0.646. The smallest absolute Gasteiger partial charge is 0.220 e. The lowest BCUT2D eigenvalue weighted by Crippen LogP contribution is -1.92. The minimum atomic E-state index is 0.540. The van der Waals surface area contributed by atoms with Crippen LogP contribution in [0, 0.1) is 0 Å². The molecule has 0 N–H and O–H groups in total. The molecule has 0 aliphatic carbocycles. The highest BCUT2D eigenvalue weighted by atomic mass is 35.5. The van der Waals surface area contributed by atoms with Gasteiger partial charge >= 0.3 is 0 Å². The zero-order chi connectivity index (χ0) is 14.7. The number of para-hydroxylation sites is 1. The Hall–Kier alpha value is -2.26. The minimum Gasteiger partial charge on any atom is -0.493 e. The van der Waals surface area contributed by atoms with Crippen molar-refractivity contribution in [1.82, 2.24) is 4.98 Å². The van der Waals surface area contributed by atoms with Gasteiger partial charge in [0.2, 0.25) is 5.89 Å². The Morgan fingerprint density at radius 1 is 1.19 bits per heavy atom. The fourth-order valence-corrected chi connectivity index (χ4v) is 2.22. The molecular formula is C17H14ClNO2. The van der Waals surface area contributed by atoms with E-state index >= 15 is 0 Å². The highest BCUT2D eigenvalue weighted by Crippen LogP contribution is 2.23. The molecule has 0 fully saturated rings. The molecule has 0 spiro atoms. The maximum absolute atomic E-state index is 5.94. The largest absolute Gasteiger partial charge is 0.493 e. The Bertz CT molecular complexity index is 792. The first kappa shape index (κ1) is 13.7.